The molecule has 1 aromatic carbocycles. The molecule has 4 unspecified atom stereocenters. The Morgan fingerprint density at radius 1 is 0.848 bits per heavy atom. The zero-order chi connectivity index (χ0) is 23.0. The van der Waals surface area contributed by atoms with Gasteiger partial charge in [0, 0.05) is 29.5 Å². The number of halogens is 1. The number of anilines is 1. The van der Waals surface area contributed by atoms with Crippen molar-refractivity contribution >= 4 is 39.3 Å². The van der Waals surface area contributed by atoms with Crippen molar-refractivity contribution in [3.63, 3.8) is 0 Å². The number of hydrogen-bond acceptors (Lipinski definition) is 4. The summed E-state index contributed by atoms with van der Waals surface area (Å²) < 4.78 is 28.1. The van der Waals surface area contributed by atoms with Crippen LogP contribution in [0, 0.1) is 0 Å². The predicted octanol–water partition coefficient (Wildman–Crippen LogP) is 5.01. The van der Waals surface area contributed by atoms with E-state index < -0.39 is 22.0 Å². The van der Waals surface area contributed by atoms with Crippen LogP contribution in [0.3, 0.4) is 0 Å². The maximum atomic E-state index is 13.3. The molecule has 1 aromatic rings. The Balaban J connectivity index is 1.41. The number of nitrogens with zero attached hydrogens (tertiary/aromatic N) is 3. The fourth-order valence-corrected chi connectivity index (χ4v) is 9.00. The summed E-state index contributed by atoms with van der Waals surface area (Å²) in [5.41, 5.74) is 2.14. The van der Waals surface area contributed by atoms with E-state index in [0.29, 0.717) is 29.8 Å². The largest absolute Gasteiger partial charge is 0.303 e. The third-order valence-corrected chi connectivity index (χ3v) is 11.1. The monoisotopic (exact) mass is 513 g/mol. The summed E-state index contributed by atoms with van der Waals surface area (Å²) >= 11 is 5.86. The van der Waals surface area contributed by atoms with Gasteiger partial charge in [-0.05, 0) is 95.2 Å². The number of piperidine rings is 2. The lowest BCUT2D eigenvalue weighted by molar-refractivity contribution is 0.150. The Labute approximate surface area is 210 Å². The number of alkyl halides is 1. The smallest absolute Gasteiger partial charge is 0.132 e. The van der Waals surface area contributed by atoms with E-state index in [-0.39, 0.29) is 0 Å². The molecule has 0 bridgehead atoms. The van der Waals surface area contributed by atoms with Crippen LogP contribution >= 0.6 is 11.6 Å². The van der Waals surface area contributed by atoms with Gasteiger partial charge in [0.15, 0.2) is 0 Å². The van der Waals surface area contributed by atoms with E-state index in [4.69, 9.17) is 11.6 Å². The van der Waals surface area contributed by atoms with Gasteiger partial charge in [-0.3, -0.25) is 4.90 Å². The maximum absolute atomic E-state index is 13.3. The zero-order valence-corrected chi connectivity index (χ0v) is 22.2. The van der Waals surface area contributed by atoms with Gasteiger partial charge in [-0.25, -0.2) is 12.1 Å². The molecule has 0 saturated carbocycles. The molecule has 5 nitrogen and oxygen atoms in total. The highest BCUT2D eigenvalue weighted by Crippen LogP contribution is 2.40. The third-order valence-electron chi connectivity index (χ3n) is 7.40. The topological polar surface area (TPSA) is 43.9 Å². The van der Waals surface area contributed by atoms with Crippen molar-refractivity contribution in [3.05, 3.63) is 29.8 Å². The van der Waals surface area contributed by atoms with Crippen molar-refractivity contribution in [1.29, 1.82) is 0 Å². The Hall–Kier alpha value is -0.470. The quantitative estimate of drug-likeness (QED) is 0.390. The average Bonchev–Trinajstić information content (AvgIpc) is 3.28. The minimum atomic E-state index is -1.34. The van der Waals surface area contributed by atoms with Gasteiger partial charge >= 0.3 is 0 Å². The molecule has 3 heterocycles. The first-order chi connectivity index (χ1) is 16.2. The molecular weight excluding hydrogens is 474 g/mol. The number of rotatable bonds is 11. The molecule has 0 N–H and O–H groups in total. The second-order valence-electron chi connectivity index (χ2n) is 9.68. The first-order valence-corrected chi connectivity index (χ1v) is 16.0. The maximum Gasteiger partial charge on any atom is 0.132 e. The number of likely N-dealkylation sites (tertiary alicyclic amines) is 1. The molecule has 0 spiro atoms. The van der Waals surface area contributed by atoms with Crippen LogP contribution in [0.5, 0.6) is 0 Å². The lowest BCUT2D eigenvalue weighted by atomic mass is 10.0. The second-order valence-corrected chi connectivity index (χ2v) is 13.1. The molecule has 0 radical (unpaired) electrons. The van der Waals surface area contributed by atoms with E-state index in [2.05, 4.69) is 21.9 Å². The summed E-state index contributed by atoms with van der Waals surface area (Å²) in [5.74, 6) is 1.46. The second kappa shape index (κ2) is 13.0. The van der Waals surface area contributed by atoms with E-state index in [9.17, 15) is 8.42 Å². The molecule has 0 aromatic heterocycles. The van der Waals surface area contributed by atoms with E-state index in [0.717, 1.165) is 37.8 Å². The Morgan fingerprint density at radius 2 is 1.55 bits per heavy atom. The van der Waals surface area contributed by atoms with Crippen LogP contribution in [0.1, 0.15) is 75.8 Å². The van der Waals surface area contributed by atoms with Crippen LogP contribution in [-0.2, 0) is 22.0 Å². The number of benzene rings is 1. The Bertz CT molecular complexity index is 788. The minimum absolute atomic E-state index is 0.446. The molecule has 8 heteroatoms. The van der Waals surface area contributed by atoms with Crippen molar-refractivity contribution in [2.75, 3.05) is 47.3 Å². The molecule has 0 aliphatic carbocycles. The minimum Gasteiger partial charge on any atom is -0.303 e. The van der Waals surface area contributed by atoms with Gasteiger partial charge in [0.25, 0.3) is 0 Å². The van der Waals surface area contributed by atoms with E-state index >= 15 is 0 Å². The first-order valence-electron chi connectivity index (χ1n) is 12.9. The highest BCUT2D eigenvalue weighted by atomic mass is 35.5. The van der Waals surface area contributed by atoms with Gasteiger partial charge in [-0.2, -0.15) is 0 Å². The molecule has 0 amide bonds. The third kappa shape index (κ3) is 6.81. The van der Waals surface area contributed by atoms with Gasteiger partial charge < -0.3 is 4.90 Å². The molecular formula is C25H40ClN3O2S2. The van der Waals surface area contributed by atoms with Crippen LogP contribution in [0.4, 0.5) is 5.69 Å². The van der Waals surface area contributed by atoms with E-state index in [1.807, 2.05) is 12.1 Å². The van der Waals surface area contributed by atoms with Crippen molar-refractivity contribution in [3.8, 4) is 0 Å². The predicted molar refractivity (Wildman–Crippen MR) is 142 cm³/mol. The van der Waals surface area contributed by atoms with E-state index in [1.54, 1.807) is 3.71 Å². The molecule has 4 atom stereocenters. The van der Waals surface area contributed by atoms with Crippen LogP contribution < -0.4 is 3.71 Å². The number of hydrogen-bond donors (Lipinski definition) is 0. The van der Waals surface area contributed by atoms with Crippen molar-refractivity contribution < 1.29 is 8.42 Å². The summed E-state index contributed by atoms with van der Waals surface area (Å²) in [6.45, 7) is 4.48. The molecule has 4 rings (SSSR count). The zero-order valence-electron chi connectivity index (χ0n) is 19.8. The molecule has 3 aliphatic heterocycles. The fraction of sp³-hybridized carbons (Fsp3) is 0.760. The Kier molecular flexibility index (Phi) is 10.1. The van der Waals surface area contributed by atoms with Gasteiger partial charge in [0.05, 0.1) is 5.69 Å². The highest BCUT2D eigenvalue weighted by molar-refractivity contribution is 8.04. The summed E-state index contributed by atoms with van der Waals surface area (Å²) in [6.07, 6.45) is 11.9. The first kappa shape index (κ1) is 25.6. The average molecular weight is 514 g/mol. The summed E-state index contributed by atoms with van der Waals surface area (Å²) in [5, 5.41) is 0. The molecule has 3 saturated heterocycles. The van der Waals surface area contributed by atoms with Gasteiger partial charge in [-0.1, -0.05) is 25.0 Å². The van der Waals surface area contributed by atoms with Crippen molar-refractivity contribution in [1.82, 2.24) is 9.80 Å². The molecule has 3 aliphatic rings. The highest BCUT2D eigenvalue weighted by Gasteiger charge is 2.35. The van der Waals surface area contributed by atoms with Crippen molar-refractivity contribution in [2.24, 2.45) is 0 Å². The fourth-order valence-electron chi connectivity index (χ4n) is 5.70. The standard InChI is InChI=1S/C25H40ClN3O2S2/c26-15-6-20-32(30)29(33(31)21-7-18-27-16-3-1-4-17-27)24-11-9-22(10-12-24)25-14-13-23-8-2-5-19-28(23)25/h9-12,23,25H,1-8,13-21H2. The summed E-state index contributed by atoms with van der Waals surface area (Å²) in [7, 11) is -2.65. The summed E-state index contributed by atoms with van der Waals surface area (Å²) in [4.78, 5) is 5.16. The molecule has 33 heavy (non-hydrogen) atoms. The molecule has 186 valence electrons. The van der Waals surface area contributed by atoms with Crippen LogP contribution in [0.15, 0.2) is 24.3 Å². The van der Waals surface area contributed by atoms with Gasteiger partial charge in [0.1, 0.15) is 22.0 Å². The normalized spacial score (nSPS) is 26.1. The van der Waals surface area contributed by atoms with Crippen LogP contribution in [0.25, 0.3) is 0 Å². The number of fused-ring (bicyclic) bond motifs is 1. The van der Waals surface area contributed by atoms with Crippen molar-refractivity contribution in [2.45, 2.75) is 76.3 Å². The Morgan fingerprint density at radius 3 is 2.27 bits per heavy atom. The van der Waals surface area contributed by atoms with Gasteiger partial charge in [0.2, 0.25) is 0 Å². The lowest BCUT2D eigenvalue weighted by Crippen LogP contribution is -2.36. The molecule has 3 fully saturated rings. The SMILES string of the molecule is O=S(CCCCl)N(c1ccc(C2CCC3CCCCN32)cc1)S(=O)CCCN1CCCCC1. The van der Waals surface area contributed by atoms with Gasteiger partial charge in [-0.15, -0.1) is 11.6 Å². The summed E-state index contributed by atoms with van der Waals surface area (Å²) in [6, 6.07) is 9.66. The van der Waals surface area contributed by atoms with Crippen LogP contribution in [0.2, 0.25) is 0 Å². The van der Waals surface area contributed by atoms with Crippen LogP contribution in [-0.4, -0.2) is 67.8 Å². The van der Waals surface area contributed by atoms with E-state index in [1.165, 1.54) is 63.5 Å². The lowest BCUT2D eigenvalue weighted by Gasteiger charge is -2.34.